The number of nitrogens with one attached hydrogen (secondary N) is 2. The largest absolute Gasteiger partial charge is 0.369 e. The minimum Gasteiger partial charge on any atom is -0.369 e. The summed E-state index contributed by atoms with van der Waals surface area (Å²) in [6.07, 6.45) is 7.80. The number of likely N-dealkylation sites (tertiary alicyclic amines) is 1. The van der Waals surface area contributed by atoms with Crippen LogP contribution in [0.4, 0.5) is 27.5 Å². The zero-order valence-electron chi connectivity index (χ0n) is 21.3. The fraction of sp³-hybridized carbons (Fsp3) is 0.593. The average molecular weight is 494 g/mol. The lowest BCUT2D eigenvalue weighted by Gasteiger charge is -2.38. The summed E-state index contributed by atoms with van der Waals surface area (Å²) in [5.41, 5.74) is 1.58. The fourth-order valence-electron chi connectivity index (χ4n) is 6.36. The van der Waals surface area contributed by atoms with E-state index in [-0.39, 0.29) is 11.7 Å². The Bertz CT molecular complexity index is 1140. The van der Waals surface area contributed by atoms with Crippen molar-refractivity contribution in [2.45, 2.75) is 70.0 Å². The number of rotatable bonds is 5. The molecule has 6 rings (SSSR count). The van der Waals surface area contributed by atoms with Gasteiger partial charge in [-0.25, -0.2) is 9.37 Å². The summed E-state index contributed by atoms with van der Waals surface area (Å²) < 4.78 is 15.0. The molecule has 3 aliphatic heterocycles. The number of anilines is 4. The zero-order valence-corrected chi connectivity index (χ0v) is 21.3. The van der Waals surface area contributed by atoms with Gasteiger partial charge in [-0.15, -0.1) is 0 Å². The third-order valence-electron chi connectivity index (χ3n) is 8.54. The third-order valence-corrected chi connectivity index (χ3v) is 8.54. The van der Waals surface area contributed by atoms with E-state index in [1.807, 2.05) is 6.07 Å². The number of nitrogens with zero attached hydrogens (tertiary/aromatic N) is 5. The Morgan fingerprint density at radius 2 is 1.92 bits per heavy atom. The number of amides is 1. The molecule has 2 aromatic rings. The number of fused-ring (bicyclic) bond motifs is 1. The van der Waals surface area contributed by atoms with Gasteiger partial charge in [0.15, 0.2) is 0 Å². The van der Waals surface area contributed by atoms with Gasteiger partial charge in [0.25, 0.3) is 0 Å². The van der Waals surface area contributed by atoms with Gasteiger partial charge in [0.2, 0.25) is 11.9 Å². The van der Waals surface area contributed by atoms with Crippen LogP contribution in [0.15, 0.2) is 24.4 Å². The van der Waals surface area contributed by atoms with E-state index in [9.17, 15) is 4.79 Å². The molecule has 1 saturated carbocycles. The van der Waals surface area contributed by atoms with Crippen molar-refractivity contribution < 1.29 is 9.18 Å². The minimum absolute atomic E-state index is 0.192. The van der Waals surface area contributed by atoms with Gasteiger partial charge in [-0.1, -0.05) is 12.8 Å². The molecular formula is C27H36FN7O. The lowest BCUT2D eigenvalue weighted by atomic mass is 9.94. The molecular weight excluding hydrogens is 457 g/mol. The molecule has 0 radical (unpaired) electrons. The highest BCUT2D eigenvalue weighted by Crippen LogP contribution is 2.41. The maximum Gasteiger partial charge on any atom is 0.248 e. The molecule has 9 heteroatoms. The molecule has 2 saturated heterocycles. The summed E-state index contributed by atoms with van der Waals surface area (Å²) in [7, 11) is 0. The Morgan fingerprint density at radius 3 is 2.64 bits per heavy atom. The highest BCUT2D eigenvalue weighted by molar-refractivity contribution is 5.94. The summed E-state index contributed by atoms with van der Waals surface area (Å²) in [5.74, 6) is 0.867. The molecule has 0 bridgehead atoms. The van der Waals surface area contributed by atoms with Crippen molar-refractivity contribution in [1.82, 2.24) is 19.8 Å². The first-order chi connectivity index (χ1) is 17.4. The first-order valence-corrected chi connectivity index (χ1v) is 13.4. The highest BCUT2D eigenvalue weighted by Gasteiger charge is 2.52. The van der Waals surface area contributed by atoms with Crippen molar-refractivity contribution in [3.05, 3.63) is 35.8 Å². The summed E-state index contributed by atoms with van der Waals surface area (Å²) in [5, 5.41) is 6.47. The van der Waals surface area contributed by atoms with Gasteiger partial charge in [0.1, 0.15) is 17.2 Å². The van der Waals surface area contributed by atoms with Crippen LogP contribution in [0, 0.1) is 5.82 Å². The van der Waals surface area contributed by atoms with E-state index in [0.717, 1.165) is 63.2 Å². The molecule has 192 valence electrons. The van der Waals surface area contributed by atoms with Crippen molar-refractivity contribution in [3.63, 3.8) is 0 Å². The van der Waals surface area contributed by atoms with Crippen LogP contribution in [0.2, 0.25) is 0 Å². The Hall–Kier alpha value is -2.94. The van der Waals surface area contributed by atoms with E-state index in [1.54, 1.807) is 18.3 Å². The van der Waals surface area contributed by atoms with Gasteiger partial charge in [-0.3, -0.25) is 9.69 Å². The van der Waals surface area contributed by atoms with Crippen LogP contribution in [0.1, 0.15) is 51.5 Å². The maximum atomic E-state index is 15.0. The topological polar surface area (TPSA) is 76.6 Å². The van der Waals surface area contributed by atoms with Gasteiger partial charge in [-0.05, 0) is 51.3 Å². The van der Waals surface area contributed by atoms with Crippen LogP contribution in [-0.2, 0) is 11.2 Å². The summed E-state index contributed by atoms with van der Waals surface area (Å²) in [6.45, 7) is 8.97. The number of benzene rings is 1. The second kappa shape index (κ2) is 9.18. The number of hydrogen-bond acceptors (Lipinski definition) is 7. The third kappa shape index (κ3) is 4.17. The van der Waals surface area contributed by atoms with Crippen LogP contribution >= 0.6 is 0 Å². The van der Waals surface area contributed by atoms with Crippen molar-refractivity contribution >= 4 is 29.0 Å². The van der Waals surface area contributed by atoms with Gasteiger partial charge in [-0.2, -0.15) is 4.98 Å². The van der Waals surface area contributed by atoms with Crippen molar-refractivity contribution in [3.8, 4) is 0 Å². The molecule has 1 aromatic heterocycles. The Morgan fingerprint density at radius 1 is 1.14 bits per heavy atom. The standard InChI is InChI=1S/C27H36FN7O/c1-18(2)33-11-13-34(14-12-33)21-7-8-23(22(28)15-21)30-26-29-17-19-16-27(32-24(19)31-26)9-10-35(25(27)36)20-5-3-4-6-20/h7-8,15,17-18,20H,3-6,9-14,16H2,1-2H3,(H2,29,30,31,32). The first-order valence-electron chi connectivity index (χ1n) is 13.4. The fourth-order valence-corrected chi connectivity index (χ4v) is 6.36. The summed E-state index contributed by atoms with van der Waals surface area (Å²) >= 11 is 0. The van der Waals surface area contributed by atoms with E-state index >= 15 is 4.39 Å². The number of piperazine rings is 1. The van der Waals surface area contributed by atoms with Crippen LogP contribution in [-0.4, -0.2) is 76.0 Å². The maximum absolute atomic E-state index is 15.0. The smallest absolute Gasteiger partial charge is 0.248 e. The second-order valence-corrected chi connectivity index (χ2v) is 11.0. The molecule has 1 aliphatic carbocycles. The van der Waals surface area contributed by atoms with Crippen molar-refractivity contribution in [2.75, 3.05) is 48.3 Å². The van der Waals surface area contributed by atoms with Crippen LogP contribution < -0.4 is 15.5 Å². The summed E-state index contributed by atoms with van der Waals surface area (Å²) in [6, 6.07) is 6.21. The molecule has 4 aliphatic rings. The Balaban J connectivity index is 1.12. The zero-order chi connectivity index (χ0) is 24.9. The van der Waals surface area contributed by atoms with Crippen molar-refractivity contribution in [1.29, 1.82) is 0 Å². The van der Waals surface area contributed by atoms with E-state index < -0.39 is 5.54 Å². The average Bonchev–Trinajstić information content (AvgIpc) is 3.60. The monoisotopic (exact) mass is 493 g/mol. The predicted molar refractivity (Wildman–Crippen MR) is 139 cm³/mol. The normalized spacial score (nSPS) is 24.7. The first kappa shape index (κ1) is 23.5. The molecule has 1 unspecified atom stereocenters. The second-order valence-electron chi connectivity index (χ2n) is 11.0. The lowest BCUT2D eigenvalue weighted by Crippen LogP contribution is -2.48. The molecule has 1 atom stereocenters. The predicted octanol–water partition coefficient (Wildman–Crippen LogP) is 3.77. The van der Waals surface area contributed by atoms with E-state index in [4.69, 9.17) is 0 Å². The number of aromatic nitrogens is 2. The Kier molecular flexibility index (Phi) is 5.98. The van der Waals surface area contributed by atoms with Gasteiger partial charge >= 0.3 is 0 Å². The van der Waals surface area contributed by atoms with E-state index in [1.165, 1.54) is 12.8 Å². The number of halogens is 1. The van der Waals surface area contributed by atoms with Gasteiger partial charge in [0, 0.05) is 68.7 Å². The SMILES string of the molecule is CC(C)N1CCN(c2ccc(Nc3ncc4c(n3)NC3(CCN(C5CCCC5)C3=O)C4)c(F)c2)CC1. The minimum atomic E-state index is -0.606. The highest BCUT2D eigenvalue weighted by atomic mass is 19.1. The molecule has 3 fully saturated rings. The summed E-state index contributed by atoms with van der Waals surface area (Å²) in [4.78, 5) is 29.2. The molecule has 2 N–H and O–H groups in total. The molecule has 1 spiro atoms. The van der Waals surface area contributed by atoms with Crippen molar-refractivity contribution in [2.24, 2.45) is 0 Å². The quantitative estimate of drug-likeness (QED) is 0.657. The van der Waals surface area contributed by atoms with Crippen LogP contribution in [0.25, 0.3) is 0 Å². The van der Waals surface area contributed by atoms with Crippen LogP contribution in [0.3, 0.4) is 0 Å². The van der Waals surface area contributed by atoms with E-state index in [0.29, 0.717) is 36.0 Å². The molecule has 8 nitrogen and oxygen atoms in total. The number of carbonyl (C=O) groups is 1. The van der Waals surface area contributed by atoms with Crippen LogP contribution in [0.5, 0.6) is 0 Å². The Labute approximate surface area is 212 Å². The van der Waals surface area contributed by atoms with E-state index in [2.05, 4.69) is 49.1 Å². The van der Waals surface area contributed by atoms with Gasteiger partial charge in [0.05, 0.1) is 5.69 Å². The number of hydrogen-bond donors (Lipinski definition) is 2. The van der Waals surface area contributed by atoms with Gasteiger partial charge < -0.3 is 20.4 Å². The molecule has 1 amide bonds. The number of carbonyl (C=O) groups excluding carboxylic acids is 1. The molecule has 4 heterocycles. The lowest BCUT2D eigenvalue weighted by molar-refractivity contribution is -0.133. The molecule has 1 aromatic carbocycles. The molecule has 36 heavy (non-hydrogen) atoms.